The van der Waals surface area contributed by atoms with Gasteiger partial charge in [0, 0.05) is 61.3 Å². The number of anilines is 1. The summed E-state index contributed by atoms with van der Waals surface area (Å²) >= 11 is 0. The molecule has 0 saturated carbocycles. The third-order valence-corrected chi connectivity index (χ3v) is 5.60. The Balaban J connectivity index is 1.49. The van der Waals surface area contributed by atoms with Crippen LogP contribution in [-0.2, 0) is 11.4 Å². The molecular formula is C23H24FN3O3. The maximum Gasteiger partial charge on any atom is 0.219 e. The first kappa shape index (κ1) is 19.9. The molecule has 1 aliphatic rings. The van der Waals surface area contributed by atoms with Gasteiger partial charge in [-0.05, 0) is 37.3 Å². The molecule has 7 heteroatoms. The van der Waals surface area contributed by atoms with E-state index in [0.29, 0.717) is 41.0 Å². The molecule has 1 amide bonds. The van der Waals surface area contributed by atoms with E-state index in [1.165, 1.54) is 12.1 Å². The number of aromatic nitrogens is 1. The molecule has 1 aromatic heterocycles. The van der Waals surface area contributed by atoms with Crippen molar-refractivity contribution in [3.05, 3.63) is 69.8 Å². The number of ether oxygens (including phenoxy) is 1. The lowest BCUT2D eigenvalue weighted by Gasteiger charge is -2.35. The van der Waals surface area contributed by atoms with E-state index in [4.69, 9.17) is 4.74 Å². The Hall–Kier alpha value is -3.35. The predicted molar refractivity (Wildman–Crippen MR) is 115 cm³/mol. The van der Waals surface area contributed by atoms with Crippen LogP contribution in [0.15, 0.2) is 47.3 Å². The van der Waals surface area contributed by atoms with Crippen molar-refractivity contribution in [1.82, 2.24) is 9.88 Å². The molecule has 3 aromatic rings. The van der Waals surface area contributed by atoms with Gasteiger partial charge in [-0.15, -0.1) is 0 Å². The quantitative estimate of drug-likeness (QED) is 0.719. The molecule has 6 nitrogen and oxygen atoms in total. The van der Waals surface area contributed by atoms with Gasteiger partial charge in [-0.2, -0.15) is 0 Å². The van der Waals surface area contributed by atoms with Crippen LogP contribution in [0.2, 0.25) is 0 Å². The molecule has 1 N–H and O–H groups in total. The van der Waals surface area contributed by atoms with E-state index < -0.39 is 5.82 Å². The van der Waals surface area contributed by atoms with Crippen molar-refractivity contribution in [2.75, 3.05) is 31.1 Å². The van der Waals surface area contributed by atoms with Gasteiger partial charge in [-0.25, -0.2) is 4.39 Å². The number of fused-ring (bicyclic) bond motifs is 1. The number of amides is 1. The fourth-order valence-electron chi connectivity index (χ4n) is 3.76. The van der Waals surface area contributed by atoms with Gasteiger partial charge in [0.15, 0.2) is 5.43 Å². The topological polar surface area (TPSA) is 65.6 Å². The summed E-state index contributed by atoms with van der Waals surface area (Å²) in [6.45, 7) is 6.48. The summed E-state index contributed by atoms with van der Waals surface area (Å²) in [4.78, 5) is 31.3. The van der Waals surface area contributed by atoms with Crippen molar-refractivity contribution in [2.45, 2.75) is 20.5 Å². The van der Waals surface area contributed by atoms with E-state index >= 15 is 0 Å². The maximum absolute atomic E-state index is 13.5. The monoisotopic (exact) mass is 409 g/mol. The van der Waals surface area contributed by atoms with E-state index in [0.717, 1.165) is 18.8 Å². The second kappa shape index (κ2) is 8.18. The maximum atomic E-state index is 13.5. The Morgan fingerprint density at radius 1 is 1.13 bits per heavy atom. The number of piperazine rings is 1. The van der Waals surface area contributed by atoms with Crippen molar-refractivity contribution in [3.63, 3.8) is 0 Å². The van der Waals surface area contributed by atoms with Crippen molar-refractivity contribution in [2.24, 2.45) is 0 Å². The van der Waals surface area contributed by atoms with Crippen LogP contribution >= 0.6 is 0 Å². The fourth-order valence-corrected chi connectivity index (χ4v) is 3.76. The molecular weight excluding hydrogens is 385 g/mol. The average Bonchev–Trinajstić information content (AvgIpc) is 2.76. The molecule has 30 heavy (non-hydrogen) atoms. The largest absolute Gasteiger partial charge is 0.487 e. The number of benzene rings is 2. The minimum atomic E-state index is -0.433. The van der Waals surface area contributed by atoms with E-state index in [1.54, 1.807) is 19.9 Å². The zero-order chi connectivity index (χ0) is 21.3. The van der Waals surface area contributed by atoms with E-state index in [1.807, 2.05) is 29.2 Å². The van der Waals surface area contributed by atoms with Gasteiger partial charge in [0.2, 0.25) is 5.91 Å². The number of hydrogen-bond acceptors (Lipinski definition) is 4. The van der Waals surface area contributed by atoms with E-state index in [9.17, 15) is 14.0 Å². The van der Waals surface area contributed by atoms with Gasteiger partial charge >= 0.3 is 0 Å². The predicted octanol–water partition coefficient (Wildman–Crippen LogP) is 3.22. The smallest absolute Gasteiger partial charge is 0.219 e. The molecule has 1 fully saturated rings. The minimum absolute atomic E-state index is 0.106. The number of H-pyrrole nitrogens is 1. The van der Waals surface area contributed by atoms with Crippen LogP contribution in [0.1, 0.15) is 18.2 Å². The van der Waals surface area contributed by atoms with Gasteiger partial charge in [0.25, 0.3) is 0 Å². The summed E-state index contributed by atoms with van der Waals surface area (Å²) in [5, 5.41) is 0.336. The molecule has 1 saturated heterocycles. The first-order chi connectivity index (χ1) is 14.4. The van der Waals surface area contributed by atoms with Crippen molar-refractivity contribution >= 4 is 22.5 Å². The molecule has 2 aromatic carbocycles. The molecule has 0 radical (unpaired) electrons. The van der Waals surface area contributed by atoms with Crippen LogP contribution < -0.4 is 15.1 Å². The molecule has 0 bridgehead atoms. The molecule has 0 aliphatic carbocycles. The van der Waals surface area contributed by atoms with E-state index in [-0.39, 0.29) is 17.9 Å². The lowest BCUT2D eigenvalue weighted by atomic mass is 10.1. The number of nitrogens with zero attached hydrogens (tertiary/aromatic N) is 2. The number of rotatable bonds is 4. The van der Waals surface area contributed by atoms with Crippen LogP contribution in [-0.4, -0.2) is 42.0 Å². The van der Waals surface area contributed by atoms with Crippen LogP contribution in [0, 0.1) is 12.7 Å². The summed E-state index contributed by atoms with van der Waals surface area (Å²) in [6, 6.07) is 11.9. The summed E-state index contributed by atoms with van der Waals surface area (Å²) in [7, 11) is 0. The number of nitrogens with one attached hydrogen (secondary N) is 1. The molecule has 0 spiro atoms. The Morgan fingerprint density at radius 3 is 2.63 bits per heavy atom. The fraction of sp³-hybridized carbons (Fsp3) is 0.304. The van der Waals surface area contributed by atoms with Crippen LogP contribution in [0.4, 0.5) is 10.1 Å². The number of carbonyl (C=O) groups excluding carboxylic acids is 1. The van der Waals surface area contributed by atoms with Crippen LogP contribution in [0.25, 0.3) is 10.9 Å². The van der Waals surface area contributed by atoms with Gasteiger partial charge in [0.1, 0.15) is 18.2 Å². The van der Waals surface area contributed by atoms with E-state index in [2.05, 4.69) is 9.88 Å². The van der Waals surface area contributed by atoms with Gasteiger partial charge in [-0.1, -0.05) is 6.07 Å². The summed E-state index contributed by atoms with van der Waals surface area (Å²) in [6.07, 6.45) is 0. The normalized spacial score (nSPS) is 14.2. The molecule has 2 heterocycles. The number of halogens is 1. The lowest BCUT2D eigenvalue weighted by Crippen LogP contribution is -2.48. The molecule has 0 unspecified atom stereocenters. The van der Waals surface area contributed by atoms with Gasteiger partial charge in [0.05, 0.1) is 5.69 Å². The number of hydrogen-bond donors (Lipinski definition) is 1. The van der Waals surface area contributed by atoms with Crippen molar-refractivity contribution < 1.29 is 13.9 Å². The SMILES string of the molecule is CC(=O)N1CCN(c2cccc(OCc3[nH]c4ccc(F)cc4c(=O)c3C)c2)CC1. The first-order valence-electron chi connectivity index (χ1n) is 9.97. The van der Waals surface area contributed by atoms with Gasteiger partial charge < -0.3 is 19.5 Å². The standard InChI is InChI=1S/C23H24FN3O3/c1-15-22(25-21-7-6-17(24)12-20(21)23(15)29)14-30-19-5-3-4-18(13-19)27-10-8-26(9-11-27)16(2)28/h3-7,12-13H,8-11,14H2,1-2H3,(H,25,29). The van der Waals surface area contributed by atoms with Crippen LogP contribution in [0.3, 0.4) is 0 Å². The molecule has 4 rings (SSSR count). The highest BCUT2D eigenvalue weighted by Gasteiger charge is 2.19. The van der Waals surface area contributed by atoms with Crippen molar-refractivity contribution in [1.29, 1.82) is 0 Å². The molecule has 0 atom stereocenters. The third-order valence-electron chi connectivity index (χ3n) is 5.60. The first-order valence-corrected chi connectivity index (χ1v) is 9.97. The zero-order valence-electron chi connectivity index (χ0n) is 17.1. The second-order valence-electron chi connectivity index (χ2n) is 7.53. The number of carbonyl (C=O) groups is 1. The summed E-state index contributed by atoms with van der Waals surface area (Å²) in [5.41, 5.74) is 2.61. The highest BCUT2D eigenvalue weighted by atomic mass is 19.1. The molecule has 156 valence electrons. The van der Waals surface area contributed by atoms with Crippen molar-refractivity contribution in [3.8, 4) is 5.75 Å². The Morgan fingerprint density at radius 2 is 1.90 bits per heavy atom. The summed E-state index contributed by atoms with van der Waals surface area (Å²) < 4.78 is 19.4. The second-order valence-corrected chi connectivity index (χ2v) is 7.53. The lowest BCUT2D eigenvalue weighted by molar-refractivity contribution is -0.129. The molecule has 1 aliphatic heterocycles. The average molecular weight is 409 g/mol. The highest BCUT2D eigenvalue weighted by Crippen LogP contribution is 2.23. The zero-order valence-corrected chi connectivity index (χ0v) is 17.1. The Bertz CT molecular complexity index is 1150. The summed E-state index contributed by atoms with van der Waals surface area (Å²) in [5.74, 6) is 0.368. The minimum Gasteiger partial charge on any atom is -0.487 e. The number of aromatic amines is 1. The van der Waals surface area contributed by atoms with Gasteiger partial charge in [-0.3, -0.25) is 9.59 Å². The van der Waals surface area contributed by atoms with Crippen LogP contribution in [0.5, 0.6) is 5.75 Å². The third kappa shape index (κ3) is 4.01. The Kier molecular flexibility index (Phi) is 5.44. The Labute approximate surface area is 173 Å². The number of pyridine rings is 1. The highest BCUT2D eigenvalue weighted by molar-refractivity contribution is 5.79.